The topological polar surface area (TPSA) is 56.2 Å². The number of carbonyl (C=O) groups excluding carboxylic acids is 1. The van der Waals surface area contributed by atoms with Crippen LogP contribution in [-0.4, -0.2) is 28.9 Å². The molecule has 0 fully saturated rings. The number of esters is 1. The van der Waals surface area contributed by atoms with Crippen LogP contribution >= 0.6 is 0 Å². The molecule has 0 radical (unpaired) electrons. The number of nitrogens with zero attached hydrogens (tertiary/aromatic N) is 2. The zero-order chi connectivity index (χ0) is 14.3. The number of methoxy groups -OCH3 is 1. The number of aryl methyl sites for hydroxylation is 1. The molecule has 0 amide bonds. The van der Waals surface area contributed by atoms with E-state index in [1.807, 2.05) is 10.7 Å². The van der Waals surface area contributed by atoms with Crippen LogP contribution in [0.4, 0.5) is 0 Å². The van der Waals surface area contributed by atoms with Gasteiger partial charge in [0.05, 0.1) is 12.8 Å². The minimum atomic E-state index is -0.264. The van der Waals surface area contributed by atoms with Gasteiger partial charge in [-0.15, -0.1) is 0 Å². The predicted octanol–water partition coefficient (Wildman–Crippen LogP) is 1.97. The molecule has 1 rings (SSSR count). The third-order valence-electron chi connectivity index (χ3n) is 3.41. The van der Waals surface area contributed by atoms with Gasteiger partial charge in [-0.1, -0.05) is 27.2 Å². The average molecular weight is 267 g/mol. The van der Waals surface area contributed by atoms with E-state index < -0.39 is 0 Å². The smallest absolute Gasteiger partial charge is 0.323 e. The fourth-order valence-electron chi connectivity index (χ4n) is 2.02. The molecule has 1 aromatic rings. The van der Waals surface area contributed by atoms with Gasteiger partial charge in [-0.25, -0.2) is 0 Å². The first-order valence-corrected chi connectivity index (χ1v) is 6.95. The Balaban J connectivity index is 2.65. The third kappa shape index (κ3) is 4.35. The van der Waals surface area contributed by atoms with Gasteiger partial charge in [-0.3, -0.25) is 14.8 Å². The lowest BCUT2D eigenvalue weighted by Crippen LogP contribution is -2.42. The Hall–Kier alpha value is -1.36. The third-order valence-corrected chi connectivity index (χ3v) is 3.41. The van der Waals surface area contributed by atoms with Crippen LogP contribution in [0.5, 0.6) is 0 Å². The first kappa shape index (κ1) is 15.7. The summed E-state index contributed by atoms with van der Waals surface area (Å²) in [5, 5.41) is 7.56. The number of rotatable bonds is 8. The molecule has 0 aliphatic heterocycles. The molecule has 5 heteroatoms. The van der Waals surface area contributed by atoms with Gasteiger partial charge >= 0.3 is 5.97 Å². The van der Waals surface area contributed by atoms with Crippen LogP contribution in [0.3, 0.4) is 0 Å². The van der Waals surface area contributed by atoms with E-state index in [1.54, 1.807) is 6.20 Å². The Morgan fingerprint density at radius 1 is 1.53 bits per heavy atom. The molecule has 0 aliphatic rings. The minimum Gasteiger partial charge on any atom is -0.468 e. The van der Waals surface area contributed by atoms with E-state index in [9.17, 15) is 4.79 Å². The van der Waals surface area contributed by atoms with Gasteiger partial charge in [0.1, 0.15) is 6.04 Å². The molecular formula is C14H25N3O2. The van der Waals surface area contributed by atoms with Crippen LogP contribution < -0.4 is 5.32 Å². The Labute approximate surface area is 115 Å². The maximum Gasteiger partial charge on any atom is 0.323 e. The molecule has 0 aromatic carbocycles. The van der Waals surface area contributed by atoms with Gasteiger partial charge in [0.2, 0.25) is 0 Å². The maximum absolute atomic E-state index is 11.8. The summed E-state index contributed by atoms with van der Waals surface area (Å²) in [7, 11) is 1.43. The molecule has 1 aromatic heterocycles. The summed E-state index contributed by atoms with van der Waals surface area (Å²) in [5.41, 5.74) is 1.10. The van der Waals surface area contributed by atoms with Crippen molar-refractivity contribution in [3.05, 3.63) is 18.0 Å². The Bertz CT molecular complexity index is 390. The number of hydrogen-bond acceptors (Lipinski definition) is 4. The van der Waals surface area contributed by atoms with Crippen molar-refractivity contribution in [1.29, 1.82) is 0 Å². The van der Waals surface area contributed by atoms with E-state index in [2.05, 4.69) is 31.2 Å². The van der Waals surface area contributed by atoms with Crippen LogP contribution in [0.2, 0.25) is 0 Å². The van der Waals surface area contributed by atoms with Crippen molar-refractivity contribution in [2.75, 3.05) is 7.11 Å². The second kappa shape index (κ2) is 7.94. The van der Waals surface area contributed by atoms with Gasteiger partial charge < -0.3 is 4.74 Å². The van der Waals surface area contributed by atoms with E-state index in [0.717, 1.165) is 25.1 Å². The molecule has 0 aliphatic carbocycles. The first-order chi connectivity index (χ1) is 9.13. The highest BCUT2D eigenvalue weighted by Crippen LogP contribution is 2.10. The Morgan fingerprint density at radius 3 is 2.84 bits per heavy atom. The van der Waals surface area contributed by atoms with Gasteiger partial charge in [-0.05, 0) is 18.4 Å². The van der Waals surface area contributed by atoms with Crippen molar-refractivity contribution in [2.45, 2.75) is 52.7 Å². The number of carbonyl (C=O) groups is 1. The molecule has 2 unspecified atom stereocenters. The molecule has 0 saturated heterocycles. The van der Waals surface area contributed by atoms with E-state index >= 15 is 0 Å². The molecule has 108 valence electrons. The van der Waals surface area contributed by atoms with Crippen molar-refractivity contribution in [3.63, 3.8) is 0 Å². The van der Waals surface area contributed by atoms with Crippen LogP contribution in [0.15, 0.2) is 12.3 Å². The van der Waals surface area contributed by atoms with E-state index in [-0.39, 0.29) is 17.9 Å². The number of nitrogens with one attached hydrogen (secondary N) is 1. The summed E-state index contributed by atoms with van der Waals surface area (Å²) in [6.45, 7) is 7.77. The molecule has 0 bridgehead atoms. The highest BCUT2D eigenvalue weighted by molar-refractivity contribution is 5.75. The molecule has 1 N–H and O–H groups in total. The van der Waals surface area contributed by atoms with Crippen molar-refractivity contribution < 1.29 is 9.53 Å². The zero-order valence-electron chi connectivity index (χ0n) is 12.3. The van der Waals surface area contributed by atoms with Crippen LogP contribution in [0.1, 0.15) is 39.3 Å². The van der Waals surface area contributed by atoms with Crippen LogP contribution in [-0.2, 0) is 22.6 Å². The average Bonchev–Trinajstić information content (AvgIpc) is 2.86. The first-order valence-electron chi connectivity index (χ1n) is 6.95. The SMILES string of the molecule is CCCn1nccc1CNC(C(=O)OC)C(C)CC. The highest BCUT2D eigenvalue weighted by Gasteiger charge is 2.24. The van der Waals surface area contributed by atoms with Crippen molar-refractivity contribution in [1.82, 2.24) is 15.1 Å². The van der Waals surface area contributed by atoms with Gasteiger partial charge in [0, 0.05) is 19.3 Å². The van der Waals surface area contributed by atoms with E-state index in [0.29, 0.717) is 6.54 Å². The van der Waals surface area contributed by atoms with E-state index in [1.165, 1.54) is 7.11 Å². The van der Waals surface area contributed by atoms with Gasteiger partial charge in [-0.2, -0.15) is 5.10 Å². The lowest BCUT2D eigenvalue weighted by atomic mass is 9.99. The normalized spacial score (nSPS) is 14.1. The van der Waals surface area contributed by atoms with Crippen LogP contribution in [0, 0.1) is 5.92 Å². The standard InChI is InChI=1S/C14H25N3O2/c1-5-9-17-12(7-8-16-17)10-15-13(11(3)6-2)14(18)19-4/h7-8,11,13,15H,5-6,9-10H2,1-4H3. The molecule has 2 atom stereocenters. The highest BCUT2D eigenvalue weighted by atomic mass is 16.5. The summed E-state index contributed by atoms with van der Waals surface area (Å²) in [6, 6.07) is 1.72. The summed E-state index contributed by atoms with van der Waals surface area (Å²) in [5.74, 6) is 0.0471. The summed E-state index contributed by atoms with van der Waals surface area (Å²) in [6.07, 6.45) is 3.77. The minimum absolute atomic E-state index is 0.198. The fourth-order valence-corrected chi connectivity index (χ4v) is 2.02. The number of hydrogen-bond donors (Lipinski definition) is 1. The number of aromatic nitrogens is 2. The predicted molar refractivity (Wildman–Crippen MR) is 74.6 cm³/mol. The summed E-state index contributed by atoms with van der Waals surface area (Å²) < 4.78 is 6.83. The lowest BCUT2D eigenvalue weighted by molar-refractivity contribution is -0.144. The Morgan fingerprint density at radius 2 is 2.26 bits per heavy atom. The summed E-state index contributed by atoms with van der Waals surface area (Å²) in [4.78, 5) is 11.8. The van der Waals surface area contributed by atoms with Crippen molar-refractivity contribution in [2.24, 2.45) is 5.92 Å². The largest absolute Gasteiger partial charge is 0.468 e. The van der Waals surface area contributed by atoms with Crippen molar-refractivity contribution in [3.8, 4) is 0 Å². The number of ether oxygens (including phenoxy) is 1. The second-order valence-corrected chi connectivity index (χ2v) is 4.81. The van der Waals surface area contributed by atoms with Gasteiger partial charge in [0.15, 0.2) is 0 Å². The molecule has 0 saturated carbocycles. The quantitative estimate of drug-likeness (QED) is 0.732. The summed E-state index contributed by atoms with van der Waals surface area (Å²) >= 11 is 0. The zero-order valence-corrected chi connectivity index (χ0v) is 12.3. The monoisotopic (exact) mass is 267 g/mol. The molecule has 5 nitrogen and oxygen atoms in total. The Kier molecular flexibility index (Phi) is 6.56. The lowest BCUT2D eigenvalue weighted by Gasteiger charge is -2.22. The van der Waals surface area contributed by atoms with Gasteiger partial charge in [0.25, 0.3) is 0 Å². The molecule has 1 heterocycles. The maximum atomic E-state index is 11.8. The van der Waals surface area contributed by atoms with Crippen LogP contribution in [0.25, 0.3) is 0 Å². The molecule has 19 heavy (non-hydrogen) atoms. The van der Waals surface area contributed by atoms with Crippen molar-refractivity contribution >= 4 is 5.97 Å². The van der Waals surface area contributed by atoms with E-state index in [4.69, 9.17) is 4.74 Å². The second-order valence-electron chi connectivity index (χ2n) is 4.81. The fraction of sp³-hybridized carbons (Fsp3) is 0.714. The molecular weight excluding hydrogens is 242 g/mol. The molecule has 0 spiro atoms.